The number of guanidine groups is 1. The van der Waals surface area contributed by atoms with Gasteiger partial charge in [0, 0.05) is 19.5 Å². The number of nitriles is 2. The zero-order chi connectivity index (χ0) is 10.4. The Morgan fingerprint density at radius 2 is 2.36 bits per heavy atom. The second kappa shape index (κ2) is 4.83. The maximum absolute atomic E-state index is 8.42. The number of nitrogens with zero attached hydrogens (tertiary/aromatic N) is 5. The second-order valence-electron chi connectivity index (χ2n) is 2.76. The average molecular weight is 190 g/mol. The van der Waals surface area contributed by atoms with E-state index in [4.69, 9.17) is 16.3 Å². The number of aliphatic imine (C=N–C) groups is 2. The van der Waals surface area contributed by atoms with Crippen LogP contribution in [0.2, 0.25) is 0 Å². The van der Waals surface area contributed by atoms with E-state index in [0.717, 1.165) is 0 Å². The van der Waals surface area contributed by atoms with Crippen molar-refractivity contribution in [3.05, 3.63) is 0 Å². The SMILES string of the molecule is N#CCCN1CCC(N)=NC1=NC#N. The van der Waals surface area contributed by atoms with Crippen LogP contribution < -0.4 is 5.73 Å². The minimum absolute atomic E-state index is 0.312. The first-order chi connectivity index (χ1) is 6.77. The summed E-state index contributed by atoms with van der Waals surface area (Å²) in [5.74, 6) is 0.790. The Kier molecular flexibility index (Phi) is 3.45. The van der Waals surface area contributed by atoms with Gasteiger partial charge in [0.1, 0.15) is 5.84 Å². The first kappa shape index (κ1) is 10.0. The molecule has 1 aliphatic rings. The third-order valence-corrected chi connectivity index (χ3v) is 1.81. The van der Waals surface area contributed by atoms with Gasteiger partial charge in [-0.3, -0.25) is 0 Å². The van der Waals surface area contributed by atoms with Crippen LogP contribution in [0.1, 0.15) is 12.8 Å². The molecule has 0 unspecified atom stereocenters. The highest BCUT2D eigenvalue weighted by Crippen LogP contribution is 2.04. The van der Waals surface area contributed by atoms with E-state index in [1.165, 1.54) is 0 Å². The van der Waals surface area contributed by atoms with E-state index in [1.807, 2.05) is 6.07 Å². The van der Waals surface area contributed by atoms with Crippen molar-refractivity contribution in [2.75, 3.05) is 13.1 Å². The van der Waals surface area contributed by atoms with Gasteiger partial charge in [0.25, 0.3) is 0 Å². The van der Waals surface area contributed by atoms with Gasteiger partial charge in [-0.1, -0.05) is 0 Å². The van der Waals surface area contributed by atoms with Crippen LogP contribution >= 0.6 is 0 Å². The van der Waals surface area contributed by atoms with Crippen molar-refractivity contribution >= 4 is 11.8 Å². The molecule has 0 fully saturated rings. The Morgan fingerprint density at radius 1 is 1.57 bits per heavy atom. The number of nitrogens with two attached hydrogens (primary N) is 1. The molecule has 2 N–H and O–H groups in total. The fourth-order valence-corrected chi connectivity index (χ4v) is 1.14. The molecule has 0 atom stereocenters. The van der Waals surface area contributed by atoms with Crippen molar-refractivity contribution in [1.29, 1.82) is 10.5 Å². The lowest BCUT2D eigenvalue weighted by atomic mass is 10.3. The van der Waals surface area contributed by atoms with E-state index in [1.54, 1.807) is 11.1 Å². The lowest BCUT2D eigenvalue weighted by molar-refractivity contribution is 0.427. The Morgan fingerprint density at radius 3 is 3.00 bits per heavy atom. The van der Waals surface area contributed by atoms with Gasteiger partial charge >= 0.3 is 0 Å². The van der Waals surface area contributed by atoms with Crippen LogP contribution in [0.5, 0.6) is 0 Å². The number of amidine groups is 1. The molecule has 14 heavy (non-hydrogen) atoms. The third kappa shape index (κ3) is 2.46. The highest BCUT2D eigenvalue weighted by molar-refractivity contribution is 5.97. The molecule has 0 saturated carbocycles. The summed E-state index contributed by atoms with van der Waals surface area (Å²) in [5, 5.41) is 16.8. The minimum atomic E-state index is 0.312. The van der Waals surface area contributed by atoms with Gasteiger partial charge in [0.2, 0.25) is 12.2 Å². The molecule has 0 radical (unpaired) electrons. The molecule has 0 aromatic carbocycles. The van der Waals surface area contributed by atoms with Crippen molar-refractivity contribution < 1.29 is 0 Å². The molecule has 0 aromatic rings. The monoisotopic (exact) mass is 190 g/mol. The average Bonchev–Trinajstić information content (AvgIpc) is 2.17. The molecule has 1 aliphatic heterocycles. The van der Waals surface area contributed by atoms with Crippen molar-refractivity contribution in [2.24, 2.45) is 15.7 Å². The van der Waals surface area contributed by atoms with Crippen molar-refractivity contribution in [3.8, 4) is 12.3 Å². The maximum atomic E-state index is 8.42. The van der Waals surface area contributed by atoms with Crippen LogP contribution in [0.3, 0.4) is 0 Å². The van der Waals surface area contributed by atoms with Gasteiger partial charge in [-0.25, -0.2) is 0 Å². The van der Waals surface area contributed by atoms with Crippen LogP contribution in [-0.4, -0.2) is 29.8 Å². The standard InChI is InChI=1S/C8H10N6/c9-3-1-4-14-5-2-7(11)13-8(14)12-6-10/h1-2,4-5H2,(H2,11,12,13). The number of hydrogen-bond donors (Lipinski definition) is 1. The fraction of sp³-hybridized carbons (Fsp3) is 0.500. The van der Waals surface area contributed by atoms with Crippen LogP contribution in [0.4, 0.5) is 0 Å². The van der Waals surface area contributed by atoms with Crippen LogP contribution in [0.15, 0.2) is 9.98 Å². The number of hydrogen-bond acceptors (Lipinski definition) is 4. The molecule has 0 spiro atoms. The lowest BCUT2D eigenvalue weighted by Gasteiger charge is -2.25. The molecular weight excluding hydrogens is 180 g/mol. The Hall–Kier alpha value is -2.08. The van der Waals surface area contributed by atoms with Gasteiger partial charge in [0.15, 0.2) is 0 Å². The van der Waals surface area contributed by atoms with Crippen molar-refractivity contribution in [1.82, 2.24) is 4.90 Å². The topological polar surface area (TPSA) is 102 Å². The van der Waals surface area contributed by atoms with E-state index >= 15 is 0 Å². The van der Waals surface area contributed by atoms with E-state index < -0.39 is 0 Å². The van der Waals surface area contributed by atoms with Crippen LogP contribution in [-0.2, 0) is 0 Å². The quantitative estimate of drug-likeness (QED) is 0.609. The van der Waals surface area contributed by atoms with Gasteiger partial charge in [-0.15, -0.1) is 4.99 Å². The molecule has 0 amide bonds. The zero-order valence-electron chi connectivity index (χ0n) is 7.64. The first-order valence-corrected chi connectivity index (χ1v) is 4.19. The van der Waals surface area contributed by atoms with Gasteiger partial charge < -0.3 is 10.6 Å². The predicted octanol–water partition coefficient (Wildman–Crippen LogP) is -0.200. The fourth-order valence-electron chi connectivity index (χ4n) is 1.14. The van der Waals surface area contributed by atoms with Crippen LogP contribution in [0.25, 0.3) is 0 Å². The summed E-state index contributed by atoms with van der Waals surface area (Å²) in [4.78, 5) is 9.26. The summed E-state index contributed by atoms with van der Waals surface area (Å²) in [5.41, 5.74) is 5.51. The summed E-state index contributed by atoms with van der Waals surface area (Å²) in [6.07, 6.45) is 2.70. The lowest BCUT2D eigenvalue weighted by Crippen LogP contribution is -2.39. The van der Waals surface area contributed by atoms with Gasteiger partial charge in [0.05, 0.1) is 12.5 Å². The highest BCUT2D eigenvalue weighted by Gasteiger charge is 2.16. The van der Waals surface area contributed by atoms with E-state index in [-0.39, 0.29) is 0 Å². The van der Waals surface area contributed by atoms with Gasteiger partial charge in [-0.05, 0) is 0 Å². The largest absolute Gasteiger partial charge is 0.387 e. The predicted molar refractivity (Wildman–Crippen MR) is 51.1 cm³/mol. The van der Waals surface area contributed by atoms with Crippen LogP contribution in [0, 0.1) is 22.8 Å². The molecule has 0 saturated heterocycles. The normalized spacial score (nSPS) is 18.6. The molecule has 1 heterocycles. The summed E-state index contributed by atoms with van der Waals surface area (Å²) >= 11 is 0. The Bertz CT molecular complexity index is 342. The first-order valence-electron chi connectivity index (χ1n) is 4.19. The van der Waals surface area contributed by atoms with Crippen molar-refractivity contribution in [2.45, 2.75) is 12.8 Å². The smallest absolute Gasteiger partial charge is 0.237 e. The van der Waals surface area contributed by atoms with Gasteiger partial charge in [-0.2, -0.15) is 15.5 Å². The molecule has 72 valence electrons. The van der Waals surface area contributed by atoms with Crippen molar-refractivity contribution in [3.63, 3.8) is 0 Å². The molecule has 0 aliphatic carbocycles. The molecule has 6 nitrogen and oxygen atoms in total. The molecular formula is C8H10N6. The summed E-state index contributed by atoms with van der Waals surface area (Å²) < 4.78 is 0. The second-order valence-corrected chi connectivity index (χ2v) is 2.76. The summed E-state index contributed by atoms with van der Waals surface area (Å²) in [7, 11) is 0. The Labute approximate surface area is 82.0 Å². The molecule has 6 heteroatoms. The number of rotatable bonds is 2. The zero-order valence-corrected chi connectivity index (χ0v) is 7.64. The summed E-state index contributed by atoms with van der Waals surface area (Å²) in [6, 6.07) is 2.03. The maximum Gasteiger partial charge on any atom is 0.237 e. The molecule has 1 rings (SSSR count). The minimum Gasteiger partial charge on any atom is -0.387 e. The van der Waals surface area contributed by atoms with E-state index in [0.29, 0.717) is 37.7 Å². The molecule has 0 bridgehead atoms. The van der Waals surface area contributed by atoms with E-state index in [2.05, 4.69) is 9.98 Å². The summed E-state index contributed by atoms with van der Waals surface area (Å²) in [6.45, 7) is 1.20. The highest BCUT2D eigenvalue weighted by atomic mass is 15.3. The third-order valence-electron chi connectivity index (χ3n) is 1.81. The Balaban J connectivity index is 2.73. The van der Waals surface area contributed by atoms with E-state index in [9.17, 15) is 0 Å². The molecule has 0 aromatic heterocycles.